The minimum Gasteiger partial charge on any atom is -0.383 e. The molecule has 128 valence electrons. The highest BCUT2D eigenvalue weighted by Crippen LogP contribution is 2.18. The number of fused-ring (bicyclic) bond motifs is 1. The molecule has 6 nitrogen and oxygen atoms in total. The summed E-state index contributed by atoms with van der Waals surface area (Å²) >= 11 is 5.85. The average Bonchev–Trinajstić information content (AvgIpc) is 3.04. The zero-order valence-electron chi connectivity index (χ0n) is 13.1. The summed E-state index contributed by atoms with van der Waals surface area (Å²) < 4.78 is 0. The molecule has 0 fully saturated rings. The monoisotopic (exact) mass is 357 g/mol. The molecular formula is C18H16ClN3O3. The number of hydrogen-bond donors (Lipinski definition) is 3. The van der Waals surface area contributed by atoms with Gasteiger partial charge in [0.25, 0.3) is 5.91 Å². The van der Waals surface area contributed by atoms with E-state index in [0.717, 1.165) is 10.9 Å². The Morgan fingerprint density at radius 1 is 1.32 bits per heavy atom. The van der Waals surface area contributed by atoms with E-state index < -0.39 is 18.1 Å². The second-order valence-electron chi connectivity index (χ2n) is 5.67. The molecule has 1 amide bonds. The lowest BCUT2D eigenvalue weighted by Gasteiger charge is -2.20. The molecule has 3 N–H and O–H groups in total. The summed E-state index contributed by atoms with van der Waals surface area (Å²) in [6.45, 7) is 0. The molecule has 0 aliphatic heterocycles. The molecule has 1 aromatic carbocycles. The lowest BCUT2D eigenvalue weighted by atomic mass is 10.0. The van der Waals surface area contributed by atoms with Gasteiger partial charge < -0.3 is 20.2 Å². The third-order valence-corrected chi connectivity index (χ3v) is 4.09. The minimum absolute atomic E-state index is 0.301. The van der Waals surface area contributed by atoms with E-state index in [9.17, 15) is 14.7 Å². The molecule has 0 spiro atoms. The maximum Gasteiger partial charge on any atom is 0.268 e. The van der Waals surface area contributed by atoms with Crippen LogP contribution in [0, 0.1) is 0 Å². The SMILES string of the molecule is O=CC(O)[C@H](Cc1ccccc1)NC(=O)c1cc2cc(Cl)ncc2[nH]1. The normalized spacial score (nSPS) is 13.4. The standard InChI is InChI=1S/C18H16ClN3O3/c19-17-8-12-7-14(21-15(12)9-20-17)18(25)22-13(16(24)10-23)6-11-4-2-1-3-5-11/h1-5,7-10,13,16,21,24H,6H2,(H,22,25)/t13-,16?/m0/s1. The Labute approximate surface area is 148 Å². The number of carbonyl (C=O) groups excluding carboxylic acids is 2. The first-order valence-electron chi connectivity index (χ1n) is 7.69. The van der Waals surface area contributed by atoms with E-state index in [-0.39, 0.29) is 0 Å². The number of H-pyrrole nitrogens is 1. The highest BCUT2D eigenvalue weighted by Gasteiger charge is 2.22. The van der Waals surface area contributed by atoms with Gasteiger partial charge >= 0.3 is 0 Å². The van der Waals surface area contributed by atoms with E-state index in [4.69, 9.17) is 11.6 Å². The summed E-state index contributed by atoms with van der Waals surface area (Å²) in [6, 6.07) is 11.9. The Balaban J connectivity index is 1.79. The van der Waals surface area contributed by atoms with Crippen molar-refractivity contribution in [1.82, 2.24) is 15.3 Å². The molecule has 2 aromatic heterocycles. The molecule has 2 heterocycles. The number of carbonyl (C=O) groups is 2. The van der Waals surface area contributed by atoms with Gasteiger partial charge in [0.05, 0.1) is 17.8 Å². The van der Waals surface area contributed by atoms with Gasteiger partial charge in [0, 0.05) is 5.39 Å². The number of aliphatic hydroxyl groups is 1. The highest BCUT2D eigenvalue weighted by atomic mass is 35.5. The second-order valence-corrected chi connectivity index (χ2v) is 6.06. The largest absolute Gasteiger partial charge is 0.383 e. The molecule has 25 heavy (non-hydrogen) atoms. The fourth-order valence-electron chi connectivity index (χ4n) is 2.59. The molecule has 0 saturated heterocycles. The lowest BCUT2D eigenvalue weighted by Crippen LogP contribution is -2.45. The Hall–Kier alpha value is -2.70. The number of amides is 1. The molecule has 0 aliphatic carbocycles. The van der Waals surface area contributed by atoms with Gasteiger partial charge in [-0.1, -0.05) is 41.9 Å². The number of nitrogens with zero attached hydrogens (tertiary/aromatic N) is 1. The second kappa shape index (κ2) is 7.46. The Kier molecular flexibility index (Phi) is 5.11. The van der Waals surface area contributed by atoms with Crippen LogP contribution in [-0.4, -0.2) is 39.4 Å². The maximum absolute atomic E-state index is 12.5. The Morgan fingerprint density at radius 3 is 2.80 bits per heavy atom. The van der Waals surface area contributed by atoms with Crippen molar-refractivity contribution < 1.29 is 14.7 Å². The van der Waals surface area contributed by atoms with Crippen molar-refractivity contribution in [1.29, 1.82) is 0 Å². The van der Waals surface area contributed by atoms with Crippen LogP contribution in [0.15, 0.2) is 48.7 Å². The van der Waals surface area contributed by atoms with Crippen LogP contribution >= 0.6 is 11.6 Å². The van der Waals surface area contributed by atoms with Crippen molar-refractivity contribution in [3.8, 4) is 0 Å². The van der Waals surface area contributed by atoms with Gasteiger partial charge in [0.2, 0.25) is 0 Å². The predicted molar refractivity (Wildman–Crippen MR) is 94.6 cm³/mol. The Morgan fingerprint density at radius 2 is 2.08 bits per heavy atom. The summed E-state index contributed by atoms with van der Waals surface area (Å²) in [5.41, 5.74) is 1.88. The number of aromatic nitrogens is 2. The zero-order valence-corrected chi connectivity index (χ0v) is 13.9. The van der Waals surface area contributed by atoms with Crippen LogP contribution < -0.4 is 5.32 Å². The van der Waals surface area contributed by atoms with Crippen molar-refractivity contribution in [2.45, 2.75) is 18.6 Å². The molecule has 0 aliphatic rings. The van der Waals surface area contributed by atoms with Crippen molar-refractivity contribution >= 4 is 34.7 Å². The average molecular weight is 358 g/mol. The molecule has 3 aromatic rings. The van der Waals surface area contributed by atoms with Crippen LogP contribution in [-0.2, 0) is 11.2 Å². The van der Waals surface area contributed by atoms with Crippen LogP contribution in [0.2, 0.25) is 5.15 Å². The summed E-state index contributed by atoms with van der Waals surface area (Å²) in [6.07, 6.45) is 0.989. The van der Waals surface area contributed by atoms with Crippen molar-refractivity contribution in [2.75, 3.05) is 0 Å². The summed E-state index contributed by atoms with van der Waals surface area (Å²) in [5.74, 6) is -0.422. The third-order valence-electron chi connectivity index (χ3n) is 3.88. The quantitative estimate of drug-likeness (QED) is 0.465. The molecule has 0 saturated carbocycles. The number of aliphatic hydroxyl groups excluding tert-OH is 1. The van der Waals surface area contributed by atoms with Gasteiger partial charge in [-0.3, -0.25) is 4.79 Å². The number of hydrogen-bond acceptors (Lipinski definition) is 4. The van der Waals surface area contributed by atoms with Gasteiger partial charge in [-0.05, 0) is 24.1 Å². The summed E-state index contributed by atoms with van der Waals surface area (Å²) in [4.78, 5) is 30.4. The number of pyridine rings is 1. The molecule has 7 heteroatoms. The minimum atomic E-state index is -1.30. The Bertz CT molecular complexity index is 895. The van der Waals surface area contributed by atoms with Crippen LogP contribution in [0.4, 0.5) is 0 Å². The van der Waals surface area contributed by atoms with Crippen molar-refractivity contribution in [3.63, 3.8) is 0 Å². The maximum atomic E-state index is 12.5. The van der Waals surface area contributed by atoms with E-state index in [1.807, 2.05) is 30.3 Å². The number of halogens is 1. The first-order valence-corrected chi connectivity index (χ1v) is 8.07. The van der Waals surface area contributed by atoms with Crippen LogP contribution in [0.3, 0.4) is 0 Å². The van der Waals surface area contributed by atoms with Crippen molar-refractivity contribution in [3.05, 3.63) is 65.1 Å². The molecule has 1 unspecified atom stereocenters. The van der Waals surface area contributed by atoms with Gasteiger partial charge in [-0.15, -0.1) is 0 Å². The predicted octanol–water partition coefficient (Wildman–Crippen LogP) is 2.12. The number of rotatable bonds is 6. The fourth-order valence-corrected chi connectivity index (χ4v) is 2.76. The number of benzene rings is 1. The van der Waals surface area contributed by atoms with E-state index in [2.05, 4.69) is 15.3 Å². The first-order chi connectivity index (χ1) is 12.1. The fraction of sp³-hybridized carbons (Fsp3) is 0.167. The molecule has 2 atom stereocenters. The van der Waals surface area contributed by atoms with Crippen molar-refractivity contribution in [2.24, 2.45) is 0 Å². The highest BCUT2D eigenvalue weighted by molar-refractivity contribution is 6.30. The number of aromatic amines is 1. The van der Waals surface area contributed by atoms with Gasteiger partial charge in [-0.2, -0.15) is 0 Å². The van der Waals surface area contributed by atoms with Gasteiger partial charge in [-0.25, -0.2) is 4.98 Å². The number of aldehydes is 1. The van der Waals surface area contributed by atoms with Crippen LogP contribution in [0.5, 0.6) is 0 Å². The summed E-state index contributed by atoms with van der Waals surface area (Å²) in [5, 5.41) is 13.7. The molecule has 3 rings (SSSR count). The summed E-state index contributed by atoms with van der Waals surface area (Å²) in [7, 11) is 0. The third kappa shape index (κ3) is 4.04. The van der Waals surface area contributed by atoms with Crippen LogP contribution in [0.1, 0.15) is 16.1 Å². The van der Waals surface area contributed by atoms with Gasteiger partial charge in [0.1, 0.15) is 17.0 Å². The van der Waals surface area contributed by atoms with E-state index in [1.54, 1.807) is 12.1 Å². The van der Waals surface area contributed by atoms with E-state index in [0.29, 0.717) is 29.1 Å². The van der Waals surface area contributed by atoms with E-state index in [1.165, 1.54) is 6.20 Å². The van der Waals surface area contributed by atoms with Gasteiger partial charge in [0.15, 0.2) is 6.29 Å². The van der Waals surface area contributed by atoms with Crippen LogP contribution in [0.25, 0.3) is 10.9 Å². The molecule has 0 bridgehead atoms. The lowest BCUT2D eigenvalue weighted by molar-refractivity contribution is -0.115. The first kappa shape index (κ1) is 17.1. The molecular weight excluding hydrogens is 342 g/mol. The number of nitrogens with one attached hydrogen (secondary N) is 2. The topological polar surface area (TPSA) is 95.1 Å². The smallest absolute Gasteiger partial charge is 0.268 e. The molecule has 0 radical (unpaired) electrons. The zero-order chi connectivity index (χ0) is 17.8. The van der Waals surface area contributed by atoms with E-state index >= 15 is 0 Å².